The number of hydrogen-bond donors (Lipinski definition) is 0. The van der Waals surface area contributed by atoms with Gasteiger partial charge in [0.25, 0.3) is 5.89 Å². The molecule has 0 saturated heterocycles. The summed E-state index contributed by atoms with van der Waals surface area (Å²) >= 11 is 0. The van der Waals surface area contributed by atoms with Gasteiger partial charge in [-0.15, -0.1) is 5.10 Å². The number of nitrogens with zero attached hydrogens (tertiary/aromatic N) is 6. The van der Waals surface area contributed by atoms with Crippen LogP contribution in [0.3, 0.4) is 0 Å². The Morgan fingerprint density at radius 2 is 2.04 bits per heavy atom. The summed E-state index contributed by atoms with van der Waals surface area (Å²) < 4.78 is 20.0. The van der Waals surface area contributed by atoms with Crippen molar-refractivity contribution in [3.63, 3.8) is 0 Å². The van der Waals surface area contributed by atoms with Crippen molar-refractivity contribution < 1.29 is 8.91 Å². The summed E-state index contributed by atoms with van der Waals surface area (Å²) in [7, 11) is 0. The summed E-state index contributed by atoms with van der Waals surface area (Å²) in [6.07, 6.45) is 3.33. The molecule has 0 unspecified atom stereocenters. The highest BCUT2D eigenvalue weighted by Gasteiger charge is 2.14. The molecule has 0 bridgehead atoms. The Morgan fingerprint density at radius 1 is 1.08 bits per heavy atom. The fraction of sp³-hybridized carbons (Fsp3) is 0.0625. The van der Waals surface area contributed by atoms with Crippen LogP contribution < -0.4 is 0 Å². The Morgan fingerprint density at radius 3 is 2.88 bits per heavy atom. The zero-order valence-electron chi connectivity index (χ0n) is 12.4. The lowest BCUT2D eigenvalue weighted by Gasteiger charge is -2.00. The quantitative estimate of drug-likeness (QED) is 0.574. The third-order valence-electron chi connectivity index (χ3n) is 3.31. The van der Waals surface area contributed by atoms with Crippen LogP contribution in [0.15, 0.2) is 59.4 Å². The van der Waals surface area contributed by atoms with E-state index in [0.29, 0.717) is 29.6 Å². The van der Waals surface area contributed by atoms with Gasteiger partial charge < -0.3 is 4.52 Å². The number of hydrogen-bond acceptors (Lipinski definition) is 6. The van der Waals surface area contributed by atoms with Gasteiger partial charge in [-0.1, -0.05) is 28.6 Å². The minimum absolute atomic E-state index is 0.286. The first-order valence-electron chi connectivity index (χ1n) is 7.18. The minimum atomic E-state index is -0.286. The normalized spacial score (nSPS) is 10.9. The second-order valence-corrected chi connectivity index (χ2v) is 5.07. The van der Waals surface area contributed by atoms with Gasteiger partial charge in [0.2, 0.25) is 5.82 Å². The van der Waals surface area contributed by atoms with Crippen LogP contribution >= 0.6 is 0 Å². The molecule has 0 fully saturated rings. The van der Waals surface area contributed by atoms with Crippen molar-refractivity contribution in [3.8, 4) is 23.1 Å². The zero-order chi connectivity index (χ0) is 16.4. The van der Waals surface area contributed by atoms with Gasteiger partial charge in [-0.05, 0) is 29.8 Å². The fourth-order valence-electron chi connectivity index (χ4n) is 2.22. The number of rotatable bonds is 4. The predicted molar refractivity (Wildman–Crippen MR) is 82.0 cm³/mol. The van der Waals surface area contributed by atoms with Gasteiger partial charge in [0.1, 0.15) is 11.5 Å². The van der Waals surface area contributed by atoms with Crippen molar-refractivity contribution >= 4 is 0 Å². The Balaban J connectivity index is 1.56. The van der Waals surface area contributed by atoms with E-state index in [1.807, 2.05) is 12.1 Å². The van der Waals surface area contributed by atoms with Crippen LogP contribution in [-0.4, -0.2) is 30.1 Å². The molecule has 7 nitrogen and oxygen atoms in total. The second kappa shape index (κ2) is 5.99. The van der Waals surface area contributed by atoms with Crippen LogP contribution in [0.25, 0.3) is 23.1 Å². The molecule has 0 aliphatic rings. The first-order chi connectivity index (χ1) is 11.8. The highest BCUT2D eigenvalue weighted by atomic mass is 19.1. The second-order valence-electron chi connectivity index (χ2n) is 5.07. The largest absolute Gasteiger partial charge is 0.332 e. The van der Waals surface area contributed by atoms with Gasteiger partial charge in [0.15, 0.2) is 5.69 Å². The SMILES string of the molecule is Fc1cccc(Cn2cc(-c3noc(-c4ccccn4)n3)nn2)c1. The van der Waals surface area contributed by atoms with E-state index in [0.717, 1.165) is 5.56 Å². The molecule has 0 aliphatic heterocycles. The number of halogens is 1. The Bertz CT molecular complexity index is 965. The van der Waals surface area contributed by atoms with E-state index >= 15 is 0 Å². The van der Waals surface area contributed by atoms with Gasteiger partial charge >= 0.3 is 0 Å². The standard InChI is InChI=1S/C16H11FN6O/c17-12-5-3-4-11(8-12)9-23-10-14(20-22-23)15-19-16(24-21-15)13-6-1-2-7-18-13/h1-8,10H,9H2. The highest BCUT2D eigenvalue weighted by molar-refractivity contribution is 5.52. The summed E-state index contributed by atoms with van der Waals surface area (Å²) in [4.78, 5) is 8.42. The minimum Gasteiger partial charge on any atom is -0.332 e. The molecular weight excluding hydrogens is 311 g/mol. The van der Waals surface area contributed by atoms with Crippen LogP contribution in [0.2, 0.25) is 0 Å². The smallest absolute Gasteiger partial charge is 0.276 e. The third-order valence-corrected chi connectivity index (χ3v) is 3.31. The van der Waals surface area contributed by atoms with E-state index in [2.05, 4.69) is 25.4 Å². The van der Waals surface area contributed by atoms with Crippen molar-refractivity contribution in [2.75, 3.05) is 0 Å². The highest BCUT2D eigenvalue weighted by Crippen LogP contribution is 2.18. The van der Waals surface area contributed by atoms with E-state index < -0.39 is 0 Å². The zero-order valence-corrected chi connectivity index (χ0v) is 12.4. The monoisotopic (exact) mass is 322 g/mol. The van der Waals surface area contributed by atoms with E-state index in [-0.39, 0.29) is 5.82 Å². The van der Waals surface area contributed by atoms with Gasteiger partial charge in [-0.25, -0.2) is 9.07 Å². The van der Waals surface area contributed by atoms with E-state index in [1.54, 1.807) is 35.3 Å². The molecule has 0 amide bonds. The summed E-state index contributed by atoms with van der Waals surface area (Å²) in [6, 6.07) is 11.7. The topological polar surface area (TPSA) is 82.5 Å². The molecule has 0 aliphatic carbocycles. The maximum atomic E-state index is 13.2. The van der Waals surface area contributed by atoms with Gasteiger partial charge in [-0.2, -0.15) is 4.98 Å². The van der Waals surface area contributed by atoms with Crippen molar-refractivity contribution in [2.24, 2.45) is 0 Å². The molecule has 0 saturated carbocycles. The summed E-state index contributed by atoms with van der Waals surface area (Å²) in [5.74, 6) is 0.345. The van der Waals surface area contributed by atoms with Crippen LogP contribution in [0, 0.1) is 5.82 Å². The molecule has 0 spiro atoms. The molecule has 0 atom stereocenters. The Kier molecular flexibility index (Phi) is 3.54. The van der Waals surface area contributed by atoms with Crippen molar-refractivity contribution in [1.29, 1.82) is 0 Å². The number of benzene rings is 1. The molecule has 8 heteroatoms. The van der Waals surface area contributed by atoms with Crippen molar-refractivity contribution in [2.45, 2.75) is 6.54 Å². The fourth-order valence-corrected chi connectivity index (χ4v) is 2.22. The molecule has 4 aromatic rings. The van der Waals surface area contributed by atoms with Gasteiger partial charge in [0, 0.05) is 6.20 Å². The Labute approximate surface area is 135 Å². The van der Waals surface area contributed by atoms with E-state index in [1.165, 1.54) is 12.1 Å². The molecule has 0 N–H and O–H groups in total. The summed E-state index contributed by atoms with van der Waals surface area (Å²) in [5.41, 5.74) is 1.84. The van der Waals surface area contributed by atoms with Crippen LogP contribution in [-0.2, 0) is 6.54 Å². The van der Waals surface area contributed by atoms with Crippen LogP contribution in [0.4, 0.5) is 4.39 Å². The molecule has 3 heterocycles. The Hall–Kier alpha value is -3.42. The van der Waals surface area contributed by atoms with Gasteiger partial charge in [-0.3, -0.25) is 4.98 Å². The average Bonchev–Trinajstić information content (AvgIpc) is 3.25. The molecule has 118 valence electrons. The average molecular weight is 322 g/mol. The summed E-state index contributed by atoms with van der Waals surface area (Å²) in [5, 5.41) is 11.9. The van der Waals surface area contributed by atoms with Crippen molar-refractivity contribution in [1.82, 2.24) is 30.1 Å². The lowest BCUT2D eigenvalue weighted by molar-refractivity contribution is 0.431. The lowest BCUT2D eigenvalue weighted by atomic mass is 10.2. The first-order valence-corrected chi connectivity index (χ1v) is 7.18. The maximum Gasteiger partial charge on any atom is 0.276 e. The molecule has 0 radical (unpaired) electrons. The van der Waals surface area contributed by atoms with Crippen molar-refractivity contribution in [3.05, 3.63) is 66.2 Å². The predicted octanol–water partition coefficient (Wildman–Crippen LogP) is 2.58. The molecule has 4 rings (SSSR count). The molecule has 1 aromatic carbocycles. The maximum absolute atomic E-state index is 13.2. The first kappa shape index (κ1) is 14.2. The van der Waals surface area contributed by atoms with E-state index in [9.17, 15) is 4.39 Å². The van der Waals surface area contributed by atoms with Gasteiger partial charge in [0.05, 0.1) is 12.7 Å². The van der Waals surface area contributed by atoms with Crippen LogP contribution in [0.5, 0.6) is 0 Å². The molecule has 24 heavy (non-hydrogen) atoms. The van der Waals surface area contributed by atoms with E-state index in [4.69, 9.17) is 4.52 Å². The molecular formula is C16H11FN6O. The van der Waals surface area contributed by atoms with Crippen LogP contribution in [0.1, 0.15) is 5.56 Å². The third kappa shape index (κ3) is 2.89. The number of pyridine rings is 1. The molecule has 3 aromatic heterocycles. The number of aromatic nitrogens is 6. The summed E-state index contributed by atoms with van der Waals surface area (Å²) in [6.45, 7) is 0.399. The lowest BCUT2D eigenvalue weighted by Crippen LogP contribution is -2.00.